The zero-order valence-electron chi connectivity index (χ0n) is 8.80. The Labute approximate surface area is 84.4 Å². The van der Waals surface area contributed by atoms with Gasteiger partial charge in [-0.2, -0.15) is 0 Å². The van der Waals surface area contributed by atoms with Gasteiger partial charge < -0.3 is 16.4 Å². The summed E-state index contributed by atoms with van der Waals surface area (Å²) >= 11 is 0. The van der Waals surface area contributed by atoms with Crippen LogP contribution in [0.25, 0.3) is 0 Å². The van der Waals surface area contributed by atoms with Gasteiger partial charge in [0.1, 0.15) is 0 Å². The number of amides is 2. The highest BCUT2D eigenvalue weighted by molar-refractivity contribution is 5.79. The molecule has 2 amide bonds. The molecule has 0 aromatic heterocycles. The molecule has 1 atom stereocenters. The van der Waals surface area contributed by atoms with Crippen LogP contribution in [0.5, 0.6) is 0 Å². The highest BCUT2D eigenvalue weighted by Crippen LogP contribution is 1.99. The van der Waals surface area contributed by atoms with Crippen LogP contribution < -0.4 is 16.4 Å². The van der Waals surface area contributed by atoms with Gasteiger partial charge in [-0.1, -0.05) is 0 Å². The van der Waals surface area contributed by atoms with Crippen LogP contribution in [0.3, 0.4) is 0 Å². The minimum absolute atomic E-state index is 0.0231. The number of nitrogens with one attached hydrogen (secondary N) is 2. The van der Waals surface area contributed by atoms with Gasteiger partial charge in [-0.3, -0.25) is 9.59 Å². The molecule has 0 saturated carbocycles. The Hall–Kier alpha value is -1.10. The zero-order valence-corrected chi connectivity index (χ0v) is 8.80. The van der Waals surface area contributed by atoms with Gasteiger partial charge in [-0.25, -0.2) is 0 Å². The maximum atomic E-state index is 10.8. The molecule has 0 fully saturated rings. The van der Waals surface area contributed by atoms with Gasteiger partial charge in [0, 0.05) is 13.5 Å². The van der Waals surface area contributed by atoms with Crippen molar-refractivity contribution < 1.29 is 9.59 Å². The molecular formula is C9H19N3O2. The molecule has 0 rings (SSSR count). The van der Waals surface area contributed by atoms with E-state index in [0.717, 1.165) is 12.8 Å². The van der Waals surface area contributed by atoms with Gasteiger partial charge in [0.25, 0.3) is 0 Å². The number of carbonyl (C=O) groups excluding carboxylic acids is 2. The fourth-order valence-corrected chi connectivity index (χ4v) is 1.17. The SMILES string of the molecule is CC(=O)NCCCCC([15NH][13CH3])C(N)=O. The van der Waals surface area contributed by atoms with Crippen LogP contribution in [0.2, 0.25) is 0 Å². The van der Waals surface area contributed by atoms with Crippen molar-refractivity contribution in [3.8, 4) is 0 Å². The zero-order chi connectivity index (χ0) is 11.0. The molecule has 0 aliphatic carbocycles. The lowest BCUT2D eigenvalue weighted by molar-refractivity contribution is -0.120. The Morgan fingerprint density at radius 1 is 1.36 bits per heavy atom. The minimum atomic E-state index is -0.327. The van der Waals surface area contributed by atoms with E-state index in [1.165, 1.54) is 6.92 Å². The first-order valence-corrected chi connectivity index (χ1v) is 4.79. The highest BCUT2D eigenvalue weighted by Gasteiger charge is 2.10. The van der Waals surface area contributed by atoms with Crippen LogP contribution in [0.15, 0.2) is 0 Å². The third-order valence-electron chi connectivity index (χ3n) is 1.99. The van der Waals surface area contributed by atoms with Crippen molar-refractivity contribution in [3.63, 3.8) is 0 Å². The molecular weight excluding hydrogens is 184 g/mol. The largest absolute Gasteiger partial charge is 0.368 e. The number of hydrogen-bond acceptors (Lipinski definition) is 3. The molecule has 5 nitrogen and oxygen atoms in total. The summed E-state index contributed by atoms with van der Waals surface area (Å²) < 4.78 is 0. The number of rotatable bonds is 7. The van der Waals surface area contributed by atoms with E-state index in [1.807, 2.05) is 0 Å². The molecule has 0 radical (unpaired) electrons. The van der Waals surface area contributed by atoms with Crippen LogP contribution in [0.4, 0.5) is 0 Å². The second-order valence-corrected chi connectivity index (χ2v) is 3.22. The van der Waals surface area contributed by atoms with Crippen molar-refractivity contribution in [2.45, 2.75) is 32.2 Å². The Bertz CT molecular complexity index is 194. The normalized spacial score (nSPS) is 12.1. The highest BCUT2D eigenvalue weighted by atomic mass is 16.2. The third-order valence-corrected chi connectivity index (χ3v) is 1.99. The third kappa shape index (κ3) is 6.42. The van der Waals surface area contributed by atoms with E-state index in [2.05, 4.69) is 10.6 Å². The summed E-state index contributed by atoms with van der Waals surface area (Å²) in [6.45, 7) is 2.14. The second-order valence-electron chi connectivity index (χ2n) is 3.22. The van der Waals surface area contributed by atoms with Gasteiger partial charge in [0.05, 0.1) is 6.04 Å². The lowest BCUT2D eigenvalue weighted by Crippen LogP contribution is -2.39. The Kier molecular flexibility index (Phi) is 6.74. The van der Waals surface area contributed by atoms with Gasteiger partial charge in [0.2, 0.25) is 11.8 Å². The number of carbonyl (C=O) groups is 2. The summed E-state index contributed by atoms with van der Waals surface area (Å²) in [6.07, 6.45) is 2.45. The number of nitrogens with two attached hydrogens (primary N) is 1. The van der Waals surface area contributed by atoms with Gasteiger partial charge in [-0.15, -0.1) is 0 Å². The van der Waals surface area contributed by atoms with Crippen LogP contribution in [-0.2, 0) is 9.59 Å². The smallest absolute Gasteiger partial charge is 0.234 e. The van der Waals surface area contributed by atoms with E-state index in [-0.39, 0.29) is 17.9 Å². The molecule has 0 bridgehead atoms. The average Bonchev–Trinajstić information content (AvgIpc) is 2.10. The minimum Gasteiger partial charge on any atom is -0.368 e. The standard InChI is InChI=1S/C9H19N3O2/c1-7(13)12-6-4-3-5-8(11-2)9(10)14/h8,11H,3-6H2,1-2H3,(H2,10,14)(H,12,13)/i2+1,11+1. The quantitative estimate of drug-likeness (QED) is 0.292. The van der Waals surface area contributed by atoms with Crippen molar-refractivity contribution in [2.75, 3.05) is 13.6 Å². The van der Waals surface area contributed by atoms with E-state index in [9.17, 15) is 9.59 Å². The van der Waals surface area contributed by atoms with Crippen molar-refractivity contribution in [1.82, 2.24) is 10.6 Å². The maximum absolute atomic E-state index is 10.8. The summed E-state index contributed by atoms with van der Waals surface area (Å²) in [4.78, 5) is 21.3. The Morgan fingerprint density at radius 2 is 2.00 bits per heavy atom. The van der Waals surface area contributed by atoms with Crippen LogP contribution >= 0.6 is 0 Å². The average molecular weight is 203 g/mol. The lowest BCUT2D eigenvalue weighted by Gasteiger charge is -2.11. The van der Waals surface area contributed by atoms with Gasteiger partial charge in [0.15, 0.2) is 0 Å². The number of unbranched alkanes of at least 4 members (excludes halogenated alkanes) is 1. The predicted octanol–water partition coefficient (Wildman–Crippen LogP) is -0.634. The van der Waals surface area contributed by atoms with E-state index < -0.39 is 0 Å². The maximum Gasteiger partial charge on any atom is 0.234 e. The van der Waals surface area contributed by atoms with Crippen molar-refractivity contribution in [3.05, 3.63) is 0 Å². The number of primary amides is 1. The van der Waals surface area contributed by atoms with Crippen LogP contribution in [0.1, 0.15) is 26.2 Å². The predicted molar refractivity (Wildman–Crippen MR) is 54.6 cm³/mol. The summed E-state index contributed by atoms with van der Waals surface area (Å²) in [7, 11) is 1.71. The second kappa shape index (κ2) is 7.32. The molecule has 0 aliphatic heterocycles. The Morgan fingerprint density at radius 3 is 2.43 bits per heavy atom. The number of likely N-dealkylation sites (N-methyl/N-ethyl adjacent to an activating group) is 1. The molecule has 4 N–H and O–H groups in total. The van der Waals surface area contributed by atoms with E-state index >= 15 is 0 Å². The molecule has 0 saturated heterocycles. The molecule has 14 heavy (non-hydrogen) atoms. The molecule has 0 aromatic rings. The molecule has 1 unspecified atom stereocenters. The van der Waals surface area contributed by atoms with Crippen LogP contribution in [-0.4, -0.2) is 31.4 Å². The number of hydrogen-bond donors (Lipinski definition) is 3. The topological polar surface area (TPSA) is 84.2 Å². The molecule has 82 valence electrons. The van der Waals surface area contributed by atoms with E-state index in [1.54, 1.807) is 7.05 Å². The monoisotopic (exact) mass is 203 g/mol. The summed E-state index contributed by atoms with van der Waals surface area (Å²) in [5.74, 6) is -0.350. The Balaban J connectivity index is 3.42. The molecule has 5 heteroatoms. The summed E-state index contributed by atoms with van der Waals surface area (Å²) in [5, 5.41) is 5.53. The van der Waals surface area contributed by atoms with Crippen molar-refractivity contribution in [1.29, 1.82) is 0 Å². The van der Waals surface area contributed by atoms with E-state index in [0.29, 0.717) is 13.0 Å². The summed E-state index contributed by atoms with van der Waals surface area (Å²) in [6, 6.07) is -0.257. The molecule has 0 spiro atoms. The fourth-order valence-electron chi connectivity index (χ4n) is 1.17. The lowest BCUT2D eigenvalue weighted by atomic mass is 10.1. The fraction of sp³-hybridized carbons (Fsp3) is 0.778. The first-order chi connectivity index (χ1) is 6.57. The molecule has 0 heterocycles. The first-order valence-electron chi connectivity index (χ1n) is 4.79. The van der Waals surface area contributed by atoms with E-state index in [4.69, 9.17) is 5.73 Å². The first kappa shape index (κ1) is 12.9. The summed E-state index contributed by atoms with van der Waals surface area (Å²) in [5.41, 5.74) is 5.14. The molecule has 0 aromatic carbocycles. The molecule has 0 aliphatic rings. The van der Waals surface area contributed by atoms with Gasteiger partial charge >= 0.3 is 0 Å². The van der Waals surface area contributed by atoms with Crippen molar-refractivity contribution in [2.24, 2.45) is 5.73 Å². The van der Waals surface area contributed by atoms with Crippen LogP contribution in [0, 0.1) is 0 Å². The van der Waals surface area contributed by atoms with Gasteiger partial charge in [-0.05, 0) is 26.3 Å². The van der Waals surface area contributed by atoms with Crippen molar-refractivity contribution >= 4 is 11.8 Å².